The highest BCUT2D eigenvalue weighted by Crippen LogP contribution is 2.16. The van der Waals surface area contributed by atoms with E-state index in [2.05, 4.69) is 0 Å². The Hall–Kier alpha value is -1.94. The van der Waals surface area contributed by atoms with Gasteiger partial charge in [0.1, 0.15) is 0 Å². The summed E-state index contributed by atoms with van der Waals surface area (Å²) in [5.74, 6) is -0.104. The maximum atomic E-state index is 12.3. The Kier molecular flexibility index (Phi) is 3.77. The van der Waals surface area contributed by atoms with Crippen LogP contribution in [0.1, 0.15) is 27.0 Å². The second-order valence-electron chi connectivity index (χ2n) is 4.92. The molecule has 0 bridgehead atoms. The standard InChI is InChI=1S/C16H16O3S/c1-11-4-5-14(10-12(11)2)16(17)13-6-8-15(9-7-13)20(3,18)19/h4-10H,1-3H3. The van der Waals surface area contributed by atoms with Gasteiger partial charge in [-0.25, -0.2) is 8.42 Å². The number of hydrogen-bond donors (Lipinski definition) is 0. The minimum absolute atomic E-state index is 0.104. The third-order valence-corrected chi connectivity index (χ3v) is 4.44. The fourth-order valence-electron chi connectivity index (χ4n) is 1.90. The molecule has 0 saturated heterocycles. The van der Waals surface area contributed by atoms with Crippen LogP contribution in [-0.4, -0.2) is 20.5 Å². The van der Waals surface area contributed by atoms with Crippen LogP contribution in [0.2, 0.25) is 0 Å². The van der Waals surface area contributed by atoms with Crippen LogP contribution >= 0.6 is 0 Å². The van der Waals surface area contributed by atoms with Crippen LogP contribution < -0.4 is 0 Å². The Labute approximate surface area is 119 Å². The van der Waals surface area contributed by atoms with Crippen molar-refractivity contribution < 1.29 is 13.2 Å². The van der Waals surface area contributed by atoms with Gasteiger partial charge in [-0.05, 0) is 55.3 Å². The van der Waals surface area contributed by atoms with Crippen LogP contribution in [0.4, 0.5) is 0 Å². The van der Waals surface area contributed by atoms with E-state index in [4.69, 9.17) is 0 Å². The first-order valence-corrected chi connectivity index (χ1v) is 8.10. The molecule has 0 aromatic heterocycles. The maximum Gasteiger partial charge on any atom is 0.193 e. The molecule has 0 radical (unpaired) electrons. The zero-order valence-corrected chi connectivity index (χ0v) is 12.5. The van der Waals surface area contributed by atoms with Crippen molar-refractivity contribution in [1.82, 2.24) is 0 Å². The van der Waals surface area contributed by atoms with Gasteiger partial charge < -0.3 is 0 Å². The molecular formula is C16H16O3S. The molecule has 0 aliphatic heterocycles. The smallest absolute Gasteiger partial charge is 0.193 e. The lowest BCUT2D eigenvalue weighted by atomic mass is 9.99. The normalized spacial score (nSPS) is 11.3. The Bertz CT molecular complexity index is 757. The van der Waals surface area contributed by atoms with Gasteiger partial charge in [-0.1, -0.05) is 12.1 Å². The van der Waals surface area contributed by atoms with Crippen molar-refractivity contribution in [3.63, 3.8) is 0 Å². The monoisotopic (exact) mass is 288 g/mol. The molecule has 4 heteroatoms. The highest BCUT2D eigenvalue weighted by atomic mass is 32.2. The van der Waals surface area contributed by atoms with Gasteiger partial charge in [0.2, 0.25) is 0 Å². The molecule has 0 aliphatic rings. The summed E-state index contributed by atoms with van der Waals surface area (Å²) in [5.41, 5.74) is 3.29. The fraction of sp³-hybridized carbons (Fsp3) is 0.188. The van der Waals surface area contributed by atoms with Crippen molar-refractivity contribution in [2.75, 3.05) is 6.26 Å². The summed E-state index contributed by atoms with van der Waals surface area (Å²) in [5, 5.41) is 0. The van der Waals surface area contributed by atoms with Gasteiger partial charge in [0.05, 0.1) is 4.90 Å². The quantitative estimate of drug-likeness (QED) is 0.816. The van der Waals surface area contributed by atoms with Crippen LogP contribution in [-0.2, 0) is 9.84 Å². The van der Waals surface area contributed by atoms with E-state index < -0.39 is 9.84 Å². The maximum absolute atomic E-state index is 12.3. The highest BCUT2D eigenvalue weighted by Gasteiger charge is 2.12. The number of carbonyl (C=O) groups excluding carboxylic acids is 1. The van der Waals surface area contributed by atoms with Crippen LogP contribution in [0.25, 0.3) is 0 Å². The highest BCUT2D eigenvalue weighted by molar-refractivity contribution is 7.90. The molecule has 3 nitrogen and oxygen atoms in total. The molecule has 0 amide bonds. The first-order chi connectivity index (χ1) is 9.29. The van der Waals surface area contributed by atoms with Gasteiger partial charge in [-0.2, -0.15) is 0 Å². The number of rotatable bonds is 3. The summed E-state index contributed by atoms with van der Waals surface area (Å²) < 4.78 is 22.8. The van der Waals surface area contributed by atoms with Gasteiger partial charge in [0.15, 0.2) is 15.6 Å². The molecule has 0 heterocycles. The van der Waals surface area contributed by atoms with E-state index >= 15 is 0 Å². The Balaban J connectivity index is 2.36. The summed E-state index contributed by atoms with van der Waals surface area (Å²) in [6.45, 7) is 3.95. The minimum atomic E-state index is -3.23. The molecule has 2 aromatic carbocycles. The van der Waals surface area contributed by atoms with E-state index in [9.17, 15) is 13.2 Å². The lowest BCUT2D eigenvalue weighted by Gasteiger charge is -2.05. The minimum Gasteiger partial charge on any atom is -0.289 e. The van der Waals surface area contributed by atoms with Crippen LogP contribution in [0.3, 0.4) is 0 Å². The van der Waals surface area contributed by atoms with E-state index in [1.165, 1.54) is 12.1 Å². The predicted octanol–water partition coefficient (Wildman–Crippen LogP) is 2.94. The first-order valence-electron chi connectivity index (χ1n) is 6.21. The van der Waals surface area contributed by atoms with E-state index in [1.54, 1.807) is 18.2 Å². The summed E-state index contributed by atoms with van der Waals surface area (Å²) in [4.78, 5) is 12.5. The van der Waals surface area contributed by atoms with Crippen molar-refractivity contribution in [3.8, 4) is 0 Å². The summed E-state index contributed by atoms with van der Waals surface area (Å²) >= 11 is 0. The first kappa shape index (κ1) is 14.5. The predicted molar refractivity (Wildman–Crippen MR) is 78.9 cm³/mol. The van der Waals surface area contributed by atoms with Gasteiger partial charge in [0.25, 0.3) is 0 Å². The Morgan fingerprint density at radius 1 is 0.850 bits per heavy atom. The summed E-state index contributed by atoms with van der Waals surface area (Å²) in [6.07, 6.45) is 1.15. The average Bonchev–Trinajstić information content (AvgIpc) is 2.40. The van der Waals surface area contributed by atoms with Crippen molar-refractivity contribution >= 4 is 15.6 Å². The largest absolute Gasteiger partial charge is 0.289 e. The van der Waals surface area contributed by atoms with Crippen molar-refractivity contribution in [2.45, 2.75) is 18.7 Å². The van der Waals surface area contributed by atoms with E-state index in [-0.39, 0.29) is 10.7 Å². The number of sulfone groups is 1. The number of hydrogen-bond acceptors (Lipinski definition) is 3. The fourth-order valence-corrected chi connectivity index (χ4v) is 2.53. The second kappa shape index (κ2) is 5.21. The van der Waals surface area contributed by atoms with Crippen molar-refractivity contribution in [2.24, 2.45) is 0 Å². The number of benzene rings is 2. The topological polar surface area (TPSA) is 51.2 Å². The molecule has 2 aromatic rings. The van der Waals surface area contributed by atoms with Gasteiger partial charge in [-0.3, -0.25) is 4.79 Å². The third kappa shape index (κ3) is 2.96. The van der Waals surface area contributed by atoms with Crippen LogP contribution in [0.15, 0.2) is 47.4 Å². The van der Waals surface area contributed by atoms with Crippen molar-refractivity contribution in [1.29, 1.82) is 0 Å². The molecule has 0 fully saturated rings. The van der Waals surface area contributed by atoms with Gasteiger partial charge >= 0.3 is 0 Å². The molecule has 0 aliphatic carbocycles. The molecule has 0 unspecified atom stereocenters. The molecule has 0 N–H and O–H groups in total. The molecule has 0 spiro atoms. The molecule has 0 saturated carbocycles. The number of carbonyl (C=O) groups is 1. The number of ketones is 1. The molecule has 20 heavy (non-hydrogen) atoms. The Morgan fingerprint density at radius 2 is 1.40 bits per heavy atom. The van der Waals surface area contributed by atoms with Gasteiger partial charge in [0, 0.05) is 17.4 Å². The molecule has 0 atom stereocenters. The van der Waals surface area contributed by atoms with Crippen LogP contribution in [0.5, 0.6) is 0 Å². The van der Waals surface area contributed by atoms with E-state index in [0.29, 0.717) is 11.1 Å². The van der Waals surface area contributed by atoms with Crippen LogP contribution in [0, 0.1) is 13.8 Å². The van der Waals surface area contributed by atoms with E-state index in [1.807, 2.05) is 26.0 Å². The second-order valence-corrected chi connectivity index (χ2v) is 6.94. The summed E-state index contributed by atoms with van der Waals surface area (Å²) in [6, 6.07) is 11.6. The zero-order chi connectivity index (χ0) is 14.9. The average molecular weight is 288 g/mol. The third-order valence-electron chi connectivity index (χ3n) is 3.31. The van der Waals surface area contributed by atoms with Gasteiger partial charge in [-0.15, -0.1) is 0 Å². The Morgan fingerprint density at radius 3 is 1.90 bits per heavy atom. The van der Waals surface area contributed by atoms with Crippen molar-refractivity contribution in [3.05, 3.63) is 64.7 Å². The zero-order valence-electron chi connectivity index (χ0n) is 11.7. The van der Waals surface area contributed by atoms with E-state index in [0.717, 1.165) is 17.4 Å². The SMILES string of the molecule is Cc1ccc(C(=O)c2ccc(S(C)(=O)=O)cc2)cc1C. The molecule has 2 rings (SSSR count). The summed E-state index contributed by atoms with van der Waals surface area (Å²) in [7, 11) is -3.23. The lowest BCUT2D eigenvalue weighted by Crippen LogP contribution is -2.03. The molecular weight excluding hydrogens is 272 g/mol. The number of aryl methyl sites for hydroxylation is 2. The molecule has 104 valence electrons. The lowest BCUT2D eigenvalue weighted by molar-refractivity contribution is 0.103.